The Kier molecular flexibility index (Phi) is 7.23. The van der Waals surface area contributed by atoms with Crippen LogP contribution in [-0.4, -0.2) is 22.5 Å². The van der Waals surface area contributed by atoms with Crippen molar-refractivity contribution in [3.8, 4) is 0 Å². The van der Waals surface area contributed by atoms with Gasteiger partial charge in [0.25, 0.3) is 0 Å². The van der Waals surface area contributed by atoms with Crippen molar-refractivity contribution in [1.82, 2.24) is 4.98 Å². The summed E-state index contributed by atoms with van der Waals surface area (Å²) in [6, 6.07) is 4.10. The molecule has 1 aromatic carbocycles. The lowest BCUT2D eigenvalue weighted by Crippen LogP contribution is -2.31. The molecule has 1 fully saturated rings. The number of aromatic nitrogens is 1. The average molecular weight is 456 g/mol. The number of carbonyl (C=O) groups excluding carboxylic acids is 2. The fourth-order valence-electron chi connectivity index (χ4n) is 4.56. The zero-order valence-corrected chi connectivity index (χ0v) is 20.7. The summed E-state index contributed by atoms with van der Waals surface area (Å²) < 4.78 is 11.8. The predicted molar refractivity (Wildman–Crippen MR) is 127 cm³/mol. The van der Waals surface area contributed by atoms with E-state index in [-0.39, 0.29) is 17.4 Å². The van der Waals surface area contributed by atoms with E-state index >= 15 is 0 Å². The standard InChI is InChI=1S/C23H30O4.C3H3NS/c1-14-11-15(2)18(16(3)12-14)19-20(26-17(24)13-22(4,5)6)23(27-21(19)25)9-7-8-10-23;1-2-5-3-4-1/h11-12H,7-10,13H2,1-6H3;1-3H. The molecule has 0 unspecified atom stereocenters. The summed E-state index contributed by atoms with van der Waals surface area (Å²) in [6.07, 6.45) is 5.42. The van der Waals surface area contributed by atoms with Crippen molar-refractivity contribution < 1.29 is 19.1 Å². The van der Waals surface area contributed by atoms with Crippen molar-refractivity contribution in [2.24, 2.45) is 5.41 Å². The number of benzene rings is 1. The Morgan fingerprint density at radius 3 is 2.25 bits per heavy atom. The molecular formula is C26H33NO4S. The van der Waals surface area contributed by atoms with Crippen LogP contribution in [0.25, 0.3) is 5.57 Å². The van der Waals surface area contributed by atoms with Gasteiger partial charge in [-0.2, -0.15) is 0 Å². The monoisotopic (exact) mass is 455 g/mol. The van der Waals surface area contributed by atoms with Crippen molar-refractivity contribution in [1.29, 1.82) is 0 Å². The Labute approximate surface area is 194 Å². The molecule has 1 aliphatic heterocycles. The lowest BCUT2D eigenvalue weighted by atomic mass is 9.89. The van der Waals surface area contributed by atoms with Crippen LogP contribution in [0.15, 0.2) is 35.0 Å². The molecular weight excluding hydrogens is 422 g/mol. The second-order valence-electron chi connectivity index (χ2n) is 9.96. The fraction of sp³-hybridized carbons (Fsp3) is 0.500. The third-order valence-corrected chi connectivity index (χ3v) is 6.23. The number of thiazole rings is 1. The van der Waals surface area contributed by atoms with Gasteiger partial charge in [-0.1, -0.05) is 38.5 Å². The van der Waals surface area contributed by atoms with Gasteiger partial charge in [-0.15, -0.1) is 11.3 Å². The minimum Gasteiger partial charge on any atom is -0.447 e. The molecule has 1 aliphatic carbocycles. The lowest BCUT2D eigenvalue weighted by molar-refractivity contribution is -0.153. The van der Waals surface area contributed by atoms with Crippen molar-refractivity contribution >= 4 is 28.8 Å². The van der Waals surface area contributed by atoms with Crippen LogP contribution in [0, 0.1) is 26.2 Å². The highest BCUT2D eigenvalue weighted by molar-refractivity contribution is 7.07. The first-order valence-electron chi connectivity index (χ1n) is 11.1. The van der Waals surface area contributed by atoms with E-state index in [4.69, 9.17) is 9.47 Å². The Bertz CT molecular complexity index is 969. The van der Waals surface area contributed by atoms with Crippen LogP contribution >= 0.6 is 11.3 Å². The summed E-state index contributed by atoms with van der Waals surface area (Å²) in [5.41, 5.74) is 5.26. The highest BCUT2D eigenvalue weighted by atomic mass is 32.1. The van der Waals surface area contributed by atoms with Gasteiger partial charge in [0.05, 0.1) is 11.9 Å². The minimum absolute atomic E-state index is 0.181. The van der Waals surface area contributed by atoms with E-state index < -0.39 is 5.60 Å². The molecule has 5 nitrogen and oxygen atoms in total. The van der Waals surface area contributed by atoms with Gasteiger partial charge >= 0.3 is 11.9 Å². The van der Waals surface area contributed by atoms with E-state index in [1.807, 2.05) is 46.9 Å². The van der Waals surface area contributed by atoms with Gasteiger partial charge in [0.2, 0.25) is 0 Å². The first-order valence-corrected chi connectivity index (χ1v) is 12.1. The Hall–Kier alpha value is -2.47. The minimum atomic E-state index is -0.774. The second kappa shape index (κ2) is 9.57. The quantitative estimate of drug-likeness (QED) is 0.507. The van der Waals surface area contributed by atoms with Crippen LogP contribution in [0.3, 0.4) is 0 Å². The van der Waals surface area contributed by atoms with Crippen molar-refractivity contribution in [2.45, 2.75) is 79.2 Å². The first-order chi connectivity index (χ1) is 15.0. The number of ether oxygens (including phenoxy) is 2. The number of hydrogen-bond acceptors (Lipinski definition) is 6. The molecule has 1 aromatic heterocycles. The van der Waals surface area contributed by atoms with Crippen molar-refractivity contribution in [3.05, 3.63) is 57.2 Å². The molecule has 2 aromatic rings. The highest BCUT2D eigenvalue weighted by Crippen LogP contribution is 2.49. The molecule has 1 saturated carbocycles. The van der Waals surface area contributed by atoms with Crippen LogP contribution in [-0.2, 0) is 19.1 Å². The van der Waals surface area contributed by atoms with Gasteiger partial charge in [-0.3, -0.25) is 9.78 Å². The smallest absolute Gasteiger partial charge is 0.343 e. The third kappa shape index (κ3) is 5.47. The summed E-state index contributed by atoms with van der Waals surface area (Å²) in [5, 5.41) is 1.93. The van der Waals surface area contributed by atoms with Gasteiger partial charge in [-0.05, 0) is 68.6 Å². The van der Waals surface area contributed by atoms with Crippen LogP contribution in [0.5, 0.6) is 0 Å². The summed E-state index contributed by atoms with van der Waals surface area (Å²) in [7, 11) is 0. The van der Waals surface area contributed by atoms with E-state index in [2.05, 4.69) is 17.1 Å². The molecule has 172 valence electrons. The normalized spacial score (nSPS) is 17.2. The van der Waals surface area contributed by atoms with Crippen LogP contribution in [0.4, 0.5) is 0 Å². The summed E-state index contributed by atoms with van der Waals surface area (Å²) in [6.45, 7) is 12.0. The zero-order valence-electron chi connectivity index (χ0n) is 19.9. The zero-order chi connectivity index (χ0) is 23.5. The third-order valence-electron chi connectivity index (χ3n) is 5.71. The fourth-order valence-corrected chi connectivity index (χ4v) is 4.91. The Morgan fingerprint density at radius 1 is 1.16 bits per heavy atom. The van der Waals surface area contributed by atoms with Gasteiger partial charge in [-0.25, -0.2) is 4.79 Å². The van der Waals surface area contributed by atoms with Crippen molar-refractivity contribution in [2.75, 3.05) is 0 Å². The van der Waals surface area contributed by atoms with Gasteiger partial charge < -0.3 is 9.47 Å². The van der Waals surface area contributed by atoms with E-state index in [1.165, 1.54) is 0 Å². The number of carbonyl (C=O) groups is 2. The summed E-state index contributed by atoms with van der Waals surface area (Å²) in [5.74, 6) is -0.234. The molecule has 0 radical (unpaired) electrons. The number of aryl methyl sites for hydroxylation is 3. The van der Waals surface area contributed by atoms with E-state index in [1.54, 1.807) is 23.0 Å². The molecule has 0 bridgehead atoms. The maximum Gasteiger partial charge on any atom is 0.343 e. The maximum atomic E-state index is 12.9. The van der Waals surface area contributed by atoms with Gasteiger partial charge in [0.15, 0.2) is 11.4 Å². The van der Waals surface area contributed by atoms with E-state index in [0.717, 1.165) is 35.1 Å². The summed E-state index contributed by atoms with van der Waals surface area (Å²) >= 11 is 1.60. The largest absolute Gasteiger partial charge is 0.447 e. The van der Waals surface area contributed by atoms with Gasteiger partial charge in [0, 0.05) is 11.6 Å². The molecule has 2 heterocycles. The molecule has 32 heavy (non-hydrogen) atoms. The van der Waals surface area contributed by atoms with E-state index in [9.17, 15) is 9.59 Å². The molecule has 4 rings (SSSR count). The molecule has 0 amide bonds. The molecule has 0 N–H and O–H groups in total. The van der Waals surface area contributed by atoms with E-state index in [0.29, 0.717) is 30.6 Å². The maximum absolute atomic E-state index is 12.9. The molecule has 1 spiro atoms. The Balaban J connectivity index is 0.000000509. The number of hydrogen-bond donors (Lipinski definition) is 0. The van der Waals surface area contributed by atoms with Crippen molar-refractivity contribution in [3.63, 3.8) is 0 Å². The molecule has 0 atom stereocenters. The highest BCUT2D eigenvalue weighted by Gasteiger charge is 2.52. The van der Waals surface area contributed by atoms with Crippen LogP contribution in [0.1, 0.15) is 75.1 Å². The first kappa shape index (κ1) is 24.2. The number of nitrogens with zero attached hydrogens (tertiary/aromatic N) is 1. The number of rotatable bonds is 3. The predicted octanol–water partition coefficient (Wildman–Crippen LogP) is 6.32. The average Bonchev–Trinajstić information content (AvgIpc) is 3.40. The summed E-state index contributed by atoms with van der Waals surface area (Å²) in [4.78, 5) is 29.3. The molecule has 2 aliphatic rings. The van der Waals surface area contributed by atoms with Gasteiger partial charge in [0.1, 0.15) is 5.57 Å². The second-order valence-corrected chi connectivity index (χ2v) is 10.7. The topological polar surface area (TPSA) is 65.5 Å². The molecule has 0 saturated heterocycles. The lowest BCUT2D eigenvalue weighted by Gasteiger charge is -2.26. The van der Waals surface area contributed by atoms with Crippen LogP contribution in [0.2, 0.25) is 0 Å². The SMILES string of the molecule is Cc1cc(C)c(C2=C(OC(=O)CC(C)(C)C)C3(CCCC3)OC2=O)c(C)c1.c1cscn1. The van der Waals surface area contributed by atoms with Crippen LogP contribution < -0.4 is 0 Å². The Morgan fingerprint density at radius 2 is 1.78 bits per heavy atom. The number of esters is 2. The molecule has 6 heteroatoms.